The van der Waals surface area contributed by atoms with E-state index < -0.39 is 0 Å². The van der Waals surface area contributed by atoms with Gasteiger partial charge in [-0.3, -0.25) is 4.79 Å². The van der Waals surface area contributed by atoms with E-state index in [1.807, 2.05) is 18.2 Å². The van der Waals surface area contributed by atoms with E-state index in [1.54, 1.807) is 36.4 Å². The van der Waals surface area contributed by atoms with Gasteiger partial charge in [0, 0.05) is 5.69 Å². The van der Waals surface area contributed by atoms with Crippen molar-refractivity contribution in [3.05, 3.63) is 90.2 Å². The molecule has 0 bridgehead atoms. The molecule has 3 aromatic carbocycles. The lowest BCUT2D eigenvalue weighted by molar-refractivity contribution is -0.118. The topological polar surface area (TPSA) is 50.4 Å². The van der Waals surface area contributed by atoms with Crippen molar-refractivity contribution in [1.29, 1.82) is 0 Å². The lowest BCUT2D eigenvalue weighted by atomic mass is 9.92. The van der Waals surface area contributed by atoms with Crippen LogP contribution in [0.4, 0.5) is 10.1 Å². The summed E-state index contributed by atoms with van der Waals surface area (Å²) in [6, 6.07) is 23.1. The first kappa shape index (κ1) is 19.2. The predicted octanol–water partition coefficient (Wildman–Crippen LogP) is 4.78. The summed E-state index contributed by atoms with van der Waals surface area (Å²) >= 11 is 0. The van der Waals surface area contributed by atoms with Crippen LogP contribution in [-0.4, -0.2) is 18.5 Å². The Balaban J connectivity index is 1.35. The molecule has 4 rings (SSSR count). The molecule has 1 amide bonds. The van der Waals surface area contributed by atoms with Crippen molar-refractivity contribution < 1.29 is 13.9 Å². The molecule has 148 valence electrons. The molecule has 0 aliphatic carbocycles. The number of carbonyl (C=O) groups excluding carboxylic acids is 1. The van der Waals surface area contributed by atoms with E-state index in [0.29, 0.717) is 17.2 Å². The third-order valence-corrected chi connectivity index (χ3v) is 5.15. The van der Waals surface area contributed by atoms with Crippen LogP contribution >= 0.6 is 0 Å². The van der Waals surface area contributed by atoms with Gasteiger partial charge in [-0.15, -0.1) is 0 Å². The molecule has 0 aromatic heterocycles. The van der Waals surface area contributed by atoms with E-state index in [4.69, 9.17) is 4.74 Å². The van der Waals surface area contributed by atoms with Gasteiger partial charge < -0.3 is 15.4 Å². The molecule has 1 aliphatic heterocycles. The second-order valence-electron chi connectivity index (χ2n) is 7.24. The number of rotatable bonds is 6. The van der Waals surface area contributed by atoms with Crippen LogP contribution in [0.2, 0.25) is 0 Å². The Hall–Kier alpha value is -3.18. The zero-order chi connectivity index (χ0) is 20.1. The van der Waals surface area contributed by atoms with Crippen LogP contribution in [0.15, 0.2) is 78.9 Å². The summed E-state index contributed by atoms with van der Waals surface area (Å²) < 4.78 is 18.7. The lowest BCUT2D eigenvalue weighted by Gasteiger charge is -2.19. The van der Waals surface area contributed by atoms with E-state index in [0.717, 1.165) is 19.4 Å². The number of hydrogen-bond donors (Lipinski definition) is 2. The Kier molecular flexibility index (Phi) is 5.86. The van der Waals surface area contributed by atoms with Crippen LogP contribution in [-0.2, 0) is 11.2 Å². The Labute approximate surface area is 169 Å². The van der Waals surface area contributed by atoms with Gasteiger partial charge in [-0.1, -0.05) is 30.3 Å². The van der Waals surface area contributed by atoms with Crippen molar-refractivity contribution in [2.75, 3.05) is 11.9 Å². The first-order chi connectivity index (χ1) is 14.2. The molecule has 3 aromatic rings. The Bertz CT molecular complexity index is 943. The summed E-state index contributed by atoms with van der Waals surface area (Å²) in [5.74, 6) is 1.13. The summed E-state index contributed by atoms with van der Waals surface area (Å²) in [4.78, 5) is 12.8. The van der Waals surface area contributed by atoms with Gasteiger partial charge in [0.25, 0.3) is 0 Å². The van der Waals surface area contributed by atoms with Crippen molar-refractivity contribution in [2.24, 2.45) is 5.92 Å². The van der Waals surface area contributed by atoms with Crippen molar-refractivity contribution in [3.8, 4) is 11.5 Å². The van der Waals surface area contributed by atoms with Gasteiger partial charge in [0.2, 0.25) is 5.91 Å². The summed E-state index contributed by atoms with van der Waals surface area (Å²) in [6.07, 6.45) is 1.87. The minimum absolute atomic E-state index is 0.0179. The smallest absolute Gasteiger partial charge is 0.241 e. The van der Waals surface area contributed by atoms with Gasteiger partial charge in [-0.05, 0) is 79.4 Å². The van der Waals surface area contributed by atoms with E-state index in [9.17, 15) is 9.18 Å². The number of ether oxygens (including phenoxy) is 1. The van der Waals surface area contributed by atoms with Crippen LogP contribution in [0.25, 0.3) is 0 Å². The van der Waals surface area contributed by atoms with Gasteiger partial charge in [0.05, 0.1) is 6.04 Å². The highest BCUT2D eigenvalue weighted by atomic mass is 19.1. The quantitative estimate of drug-likeness (QED) is 0.637. The number of halogens is 1. The van der Waals surface area contributed by atoms with E-state index in [2.05, 4.69) is 22.8 Å². The number of carbonyl (C=O) groups is 1. The average molecular weight is 390 g/mol. The number of amides is 1. The third kappa shape index (κ3) is 5.00. The minimum atomic E-state index is -0.304. The van der Waals surface area contributed by atoms with Crippen LogP contribution in [0.1, 0.15) is 12.0 Å². The average Bonchev–Trinajstić information content (AvgIpc) is 3.20. The maximum Gasteiger partial charge on any atom is 0.241 e. The fourth-order valence-corrected chi connectivity index (χ4v) is 3.67. The second-order valence-corrected chi connectivity index (χ2v) is 7.24. The molecule has 0 saturated carbocycles. The lowest BCUT2D eigenvalue weighted by Crippen LogP contribution is -2.40. The zero-order valence-corrected chi connectivity index (χ0v) is 16.0. The fraction of sp³-hybridized carbons (Fsp3) is 0.208. The van der Waals surface area contributed by atoms with E-state index in [-0.39, 0.29) is 23.7 Å². The zero-order valence-electron chi connectivity index (χ0n) is 16.0. The summed E-state index contributed by atoms with van der Waals surface area (Å²) in [5.41, 5.74) is 1.97. The van der Waals surface area contributed by atoms with Gasteiger partial charge >= 0.3 is 0 Å². The highest BCUT2D eigenvalue weighted by Gasteiger charge is 2.32. The van der Waals surface area contributed by atoms with Crippen LogP contribution in [0, 0.1) is 11.7 Å². The van der Waals surface area contributed by atoms with Crippen LogP contribution in [0.5, 0.6) is 11.5 Å². The Morgan fingerprint density at radius 3 is 2.31 bits per heavy atom. The van der Waals surface area contributed by atoms with Crippen LogP contribution < -0.4 is 15.4 Å². The molecular weight excluding hydrogens is 367 g/mol. The van der Waals surface area contributed by atoms with Crippen molar-refractivity contribution in [3.63, 3.8) is 0 Å². The standard InChI is InChI=1S/C24H23FN2O2/c25-19-6-10-21(11-7-19)29-22-12-8-20(9-13-22)27-24(28)23-18(14-15-26-23)16-17-4-2-1-3-5-17/h1-13,18,23,26H,14-16H2,(H,27,28)/t18-,23+/m1/s1. The predicted molar refractivity (Wildman–Crippen MR) is 112 cm³/mol. The first-order valence-electron chi connectivity index (χ1n) is 9.79. The largest absolute Gasteiger partial charge is 0.457 e. The normalized spacial score (nSPS) is 18.4. The number of anilines is 1. The van der Waals surface area contributed by atoms with Gasteiger partial charge in [-0.2, -0.15) is 0 Å². The monoisotopic (exact) mass is 390 g/mol. The van der Waals surface area contributed by atoms with Gasteiger partial charge in [0.1, 0.15) is 17.3 Å². The first-order valence-corrected chi connectivity index (χ1v) is 9.79. The van der Waals surface area contributed by atoms with Crippen molar-refractivity contribution >= 4 is 11.6 Å². The SMILES string of the molecule is O=C(Nc1ccc(Oc2ccc(F)cc2)cc1)[C@H]1NCC[C@@H]1Cc1ccccc1. The summed E-state index contributed by atoms with van der Waals surface area (Å²) in [5, 5.41) is 6.32. The number of nitrogens with one attached hydrogen (secondary N) is 2. The van der Waals surface area contributed by atoms with E-state index in [1.165, 1.54) is 17.7 Å². The molecule has 0 spiro atoms. The van der Waals surface area contributed by atoms with E-state index >= 15 is 0 Å². The summed E-state index contributed by atoms with van der Waals surface area (Å²) in [7, 11) is 0. The van der Waals surface area contributed by atoms with Gasteiger partial charge in [0.15, 0.2) is 0 Å². The molecule has 1 aliphatic rings. The molecule has 1 fully saturated rings. The molecule has 29 heavy (non-hydrogen) atoms. The molecule has 4 nitrogen and oxygen atoms in total. The molecule has 2 N–H and O–H groups in total. The van der Waals surface area contributed by atoms with Gasteiger partial charge in [-0.25, -0.2) is 4.39 Å². The van der Waals surface area contributed by atoms with Crippen molar-refractivity contribution in [2.45, 2.75) is 18.9 Å². The molecule has 0 radical (unpaired) electrons. The molecule has 1 heterocycles. The maximum absolute atomic E-state index is 13.0. The maximum atomic E-state index is 13.0. The third-order valence-electron chi connectivity index (χ3n) is 5.15. The molecule has 0 unspecified atom stereocenters. The van der Waals surface area contributed by atoms with Crippen LogP contribution in [0.3, 0.4) is 0 Å². The number of benzene rings is 3. The Morgan fingerprint density at radius 2 is 1.62 bits per heavy atom. The summed E-state index contributed by atoms with van der Waals surface area (Å²) in [6.45, 7) is 0.847. The molecule has 5 heteroatoms. The molecule has 1 saturated heterocycles. The highest BCUT2D eigenvalue weighted by Crippen LogP contribution is 2.25. The minimum Gasteiger partial charge on any atom is -0.457 e. The van der Waals surface area contributed by atoms with Crippen molar-refractivity contribution in [1.82, 2.24) is 5.32 Å². The molecular formula is C24H23FN2O2. The Morgan fingerprint density at radius 1 is 0.966 bits per heavy atom. The highest BCUT2D eigenvalue weighted by molar-refractivity contribution is 5.95. The molecule has 2 atom stereocenters. The fourth-order valence-electron chi connectivity index (χ4n) is 3.67. The number of hydrogen-bond acceptors (Lipinski definition) is 3. The second kappa shape index (κ2) is 8.88.